The van der Waals surface area contributed by atoms with Gasteiger partial charge in [0, 0.05) is 13.2 Å². The molecule has 1 N–H and O–H groups in total. The molecule has 1 rings (SSSR count). The third kappa shape index (κ3) is 4.18. The van der Waals surface area contributed by atoms with Crippen LogP contribution < -0.4 is 5.32 Å². The Kier molecular flexibility index (Phi) is 5.31. The Morgan fingerprint density at radius 1 is 1.32 bits per heavy atom. The molecule has 2 atom stereocenters. The van der Waals surface area contributed by atoms with Crippen molar-refractivity contribution in [1.29, 1.82) is 0 Å². The van der Waals surface area contributed by atoms with Gasteiger partial charge in [-0.05, 0) is 38.1 Å². The van der Waals surface area contributed by atoms with E-state index in [0.717, 1.165) is 12.1 Å². The van der Waals surface area contributed by atoms with Crippen LogP contribution in [0.3, 0.4) is 0 Å². The maximum Gasteiger partial charge on any atom is 0.419 e. The molecule has 0 aromatic heterocycles. The van der Waals surface area contributed by atoms with Crippen molar-refractivity contribution < 1.29 is 22.3 Å². The van der Waals surface area contributed by atoms with Crippen molar-refractivity contribution in [3.05, 3.63) is 35.1 Å². The molecule has 0 amide bonds. The lowest BCUT2D eigenvalue weighted by molar-refractivity contribution is -0.140. The molecule has 1 aromatic rings. The Labute approximate surface area is 109 Å². The molecule has 0 aliphatic rings. The van der Waals surface area contributed by atoms with Gasteiger partial charge in [-0.1, -0.05) is 6.07 Å². The van der Waals surface area contributed by atoms with E-state index in [1.807, 2.05) is 6.92 Å². The topological polar surface area (TPSA) is 21.3 Å². The lowest BCUT2D eigenvalue weighted by Crippen LogP contribution is -2.22. The molecule has 2 nitrogen and oxygen atoms in total. The summed E-state index contributed by atoms with van der Waals surface area (Å²) < 4.78 is 55.9. The van der Waals surface area contributed by atoms with Gasteiger partial charge in [0.15, 0.2) is 0 Å². The van der Waals surface area contributed by atoms with Gasteiger partial charge in [0.1, 0.15) is 5.82 Å². The average Bonchev–Trinajstić information content (AvgIpc) is 2.33. The molecule has 0 bridgehead atoms. The van der Waals surface area contributed by atoms with Gasteiger partial charge in [0.05, 0.1) is 11.7 Å². The fraction of sp³-hybridized carbons (Fsp3) is 0.538. The van der Waals surface area contributed by atoms with Crippen molar-refractivity contribution >= 4 is 0 Å². The second kappa shape index (κ2) is 6.34. The van der Waals surface area contributed by atoms with Crippen LogP contribution in [0.25, 0.3) is 0 Å². The first-order valence-corrected chi connectivity index (χ1v) is 5.86. The number of nitrogens with one attached hydrogen (secondary N) is 1. The smallest absolute Gasteiger partial charge is 0.382 e. The van der Waals surface area contributed by atoms with Crippen LogP contribution in [0.5, 0.6) is 0 Å². The highest BCUT2D eigenvalue weighted by molar-refractivity contribution is 5.28. The monoisotopic (exact) mass is 279 g/mol. The number of halogens is 4. The van der Waals surface area contributed by atoms with Crippen molar-refractivity contribution in [2.75, 3.05) is 14.2 Å². The number of hydrogen-bond donors (Lipinski definition) is 1. The van der Waals surface area contributed by atoms with Crippen molar-refractivity contribution in [1.82, 2.24) is 5.32 Å². The Balaban J connectivity index is 2.98. The minimum absolute atomic E-state index is 0.0807. The van der Waals surface area contributed by atoms with Gasteiger partial charge in [-0.2, -0.15) is 13.2 Å². The molecule has 0 saturated carbocycles. The normalized spacial score (nSPS) is 15.3. The van der Waals surface area contributed by atoms with Crippen LogP contribution in [0.2, 0.25) is 0 Å². The maximum atomic E-state index is 13.5. The predicted molar refractivity (Wildman–Crippen MR) is 64.3 cm³/mol. The van der Waals surface area contributed by atoms with E-state index in [0.29, 0.717) is 12.0 Å². The van der Waals surface area contributed by atoms with E-state index in [9.17, 15) is 17.6 Å². The molecule has 0 aliphatic heterocycles. The number of hydrogen-bond acceptors (Lipinski definition) is 2. The molecular formula is C13H17F4NO. The van der Waals surface area contributed by atoms with E-state index in [4.69, 9.17) is 4.74 Å². The van der Waals surface area contributed by atoms with Crippen LogP contribution in [0.4, 0.5) is 17.6 Å². The van der Waals surface area contributed by atoms with E-state index in [1.165, 1.54) is 6.07 Å². The Morgan fingerprint density at radius 2 is 1.95 bits per heavy atom. The van der Waals surface area contributed by atoms with Crippen LogP contribution >= 0.6 is 0 Å². The van der Waals surface area contributed by atoms with E-state index >= 15 is 0 Å². The molecule has 0 aliphatic carbocycles. The zero-order valence-corrected chi connectivity index (χ0v) is 11.0. The van der Waals surface area contributed by atoms with Gasteiger partial charge in [0.2, 0.25) is 0 Å². The van der Waals surface area contributed by atoms with Crippen LogP contribution in [-0.2, 0) is 10.9 Å². The van der Waals surface area contributed by atoms with Gasteiger partial charge < -0.3 is 10.1 Å². The number of benzene rings is 1. The van der Waals surface area contributed by atoms with Crippen molar-refractivity contribution in [2.24, 2.45) is 0 Å². The number of alkyl halides is 3. The first kappa shape index (κ1) is 15.9. The summed E-state index contributed by atoms with van der Waals surface area (Å²) in [5.41, 5.74) is -0.775. The first-order chi connectivity index (χ1) is 8.79. The van der Waals surface area contributed by atoms with E-state index in [2.05, 4.69) is 5.32 Å². The van der Waals surface area contributed by atoms with Crippen molar-refractivity contribution in [3.63, 3.8) is 0 Å². The minimum atomic E-state index is -4.67. The molecule has 108 valence electrons. The summed E-state index contributed by atoms with van der Waals surface area (Å²) in [5, 5.41) is 2.94. The maximum absolute atomic E-state index is 13.5. The van der Waals surface area contributed by atoms with Gasteiger partial charge in [0.25, 0.3) is 0 Å². The van der Waals surface area contributed by atoms with Crippen molar-refractivity contribution in [3.8, 4) is 0 Å². The van der Waals surface area contributed by atoms with Crippen LogP contribution in [0.15, 0.2) is 18.2 Å². The summed E-state index contributed by atoms with van der Waals surface area (Å²) >= 11 is 0. The zero-order chi connectivity index (χ0) is 14.6. The minimum Gasteiger partial charge on any atom is -0.382 e. The molecular weight excluding hydrogens is 262 g/mol. The summed E-state index contributed by atoms with van der Waals surface area (Å²) in [5.74, 6) is -1.25. The average molecular weight is 279 g/mol. The Hall–Kier alpha value is -1.14. The molecule has 1 aromatic carbocycles. The molecule has 2 unspecified atom stereocenters. The van der Waals surface area contributed by atoms with E-state index < -0.39 is 17.6 Å². The molecule has 0 fully saturated rings. The van der Waals surface area contributed by atoms with Gasteiger partial charge in [-0.15, -0.1) is 0 Å². The summed E-state index contributed by atoms with van der Waals surface area (Å²) in [7, 11) is 3.22. The largest absolute Gasteiger partial charge is 0.419 e. The predicted octanol–water partition coefficient (Wildman–Crippen LogP) is 3.53. The highest BCUT2D eigenvalue weighted by atomic mass is 19.4. The summed E-state index contributed by atoms with van der Waals surface area (Å²) in [6.07, 6.45) is -4.21. The van der Waals surface area contributed by atoms with Crippen LogP contribution in [0.1, 0.15) is 30.5 Å². The van der Waals surface area contributed by atoms with Gasteiger partial charge >= 0.3 is 6.18 Å². The highest BCUT2D eigenvalue weighted by Crippen LogP contribution is 2.33. The van der Waals surface area contributed by atoms with E-state index in [1.54, 1.807) is 14.2 Å². The third-order valence-electron chi connectivity index (χ3n) is 3.02. The fourth-order valence-corrected chi connectivity index (χ4v) is 1.83. The van der Waals surface area contributed by atoms with Crippen LogP contribution in [-0.4, -0.2) is 20.3 Å². The third-order valence-corrected chi connectivity index (χ3v) is 3.02. The highest BCUT2D eigenvalue weighted by Gasteiger charge is 2.34. The number of rotatable bonds is 5. The second-order valence-corrected chi connectivity index (χ2v) is 4.36. The fourth-order valence-electron chi connectivity index (χ4n) is 1.83. The molecule has 0 heterocycles. The zero-order valence-electron chi connectivity index (χ0n) is 11.0. The van der Waals surface area contributed by atoms with Gasteiger partial charge in [-0.3, -0.25) is 0 Å². The summed E-state index contributed by atoms with van der Waals surface area (Å²) in [6.45, 7) is 1.84. The van der Waals surface area contributed by atoms with Crippen LogP contribution in [0, 0.1) is 5.82 Å². The number of methoxy groups -OCH3 is 1. The first-order valence-electron chi connectivity index (χ1n) is 5.86. The molecule has 19 heavy (non-hydrogen) atoms. The Bertz CT molecular complexity index is 420. The van der Waals surface area contributed by atoms with Crippen molar-refractivity contribution in [2.45, 2.75) is 31.7 Å². The summed E-state index contributed by atoms with van der Waals surface area (Å²) in [4.78, 5) is 0. The molecule has 0 saturated heterocycles. The summed E-state index contributed by atoms with van der Waals surface area (Å²) in [6, 6.07) is 2.72. The van der Waals surface area contributed by atoms with Gasteiger partial charge in [-0.25, -0.2) is 4.39 Å². The quantitative estimate of drug-likeness (QED) is 0.833. The Morgan fingerprint density at radius 3 is 2.37 bits per heavy atom. The lowest BCUT2D eigenvalue weighted by Gasteiger charge is -2.21. The second-order valence-electron chi connectivity index (χ2n) is 4.36. The molecule has 0 spiro atoms. The SMILES string of the molecule is CNC(CC(C)OC)c1ccc(C(F)(F)F)c(F)c1. The molecule has 6 heteroatoms. The van der Waals surface area contributed by atoms with E-state index in [-0.39, 0.29) is 12.1 Å². The standard InChI is InChI=1S/C13H17F4NO/c1-8(19-3)6-12(18-2)9-4-5-10(11(14)7-9)13(15,16)17/h4-5,7-8,12,18H,6H2,1-3H3. The number of ether oxygens (including phenoxy) is 1. The molecule has 0 radical (unpaired) electrons. The lowest BCUT2D eigenvalue weighted by atomic mass is 9.99.